The van der Waals surface area contributed by atoms with E-state index in [1.165, 1.54) is 5.56 Å². The van der Waals surface area contributed by atoms with Gasteiger partial charge in [0.2, 0.25) is 0 Å². The fourth-order valence-electron chi connectivity index (χ4n) is 3.34. The van der Waals surface area contributed by atoms with E-state index in [2.05, 4.69) is 34.9 Å². The molecular weight excluding hydrogens is 312 g/mol. The summed E-state index contributed by atoms with van der Waals surface area (Å²) in [5.74, 6) is 0.499. The van der Waals surface area contributed by atoms with Crippen LogP contribution in [-0.2, 0) is 17.8 Å². The van der Waals surface area contributed by atoms with Crippen LogP contribution >= 0.6 is 0 Å². The number of nitrogens with one attached hydrogen (secondary N) is 2. The van der Waals surface area contributed by atoms with E-state index in [-0.39, 0.29) is 6.09 Å². The molecule has 1 aliphatic heterocycles. The Labute approximate surface area is 149 Å². The number of alkyl carbamates (subject to hydrolysis) is 1. The summed E-state index contributed by atoms with van der Waals surface area (Å²) in [5, 5.41) is 6.51. The quantitative estimate of drug-likeness (QED) is 0.847. The van der Waals surface area contributed by atoms with Gasteiger partial charge in [-0.2, -0.15) is 0 Å². The van der Waals surface area contributed by atoms with Crippen LogP contribution in [0.1, 0.15) is 24.0 Å². The Morgan fingerprint density at radius 3 is 2.44 bits per heavy atom. The number of rotatable bonds is 6. The summed E-state index contributed by atoms with van der Waals surface area (Å²) < 4.78 is 5.28. The summed E-state index contributed by atoms with van der Waals surface area (Å²) in [4.78, 5) is 11.9. The third kappa shape index (κ3) is 5.91. The van der Waals surface area contributed by atoms with Crippen LogP contribution in [0.15, 0.2) is 60.7 Å². The molecule has 25 heavy (non-hydrogen) atoms. The molecule has 1 aliphatic rings. The van der Waals surface area contributed by atoms with Gasteiger partial charge in [0.15, 0.2) is 0 Å². The van der Waals surface area contributed by atoms with Crippen LogP contribution in [-0.4, -0.2) is 25.2 Å². The predicted octanol–water partition coefficient (Wildman–Crippen LogP) is 3.52. The van der Waals surface area contributed by atoms with Gasteiger partial charge in [0.05, 0.1) is 0 Å². The van der Waals surface area contributed by atoms with Crippen molar-refractivity contribution in [1.29, 1.82) is 0 Å². The lowest BCUT2D eigenvalue weighted by atomic mass is 9.89. The van der Waals surface area contributed by atoms with Gasteiger partial charge in [-0.15, -0.1) is 0 Å². The maximum Gasteiger partial charge on any atom is 0.407 e. The number of hydrogen-bond acceptors (Lipinski definition) is 3. The second kappa shape index (κ2) is 9.23. The highest BCUT2D eigenvalue weighted by Gasteiger charge is 2.22. The summed E-state index contributed by atoms with van der Waals surface area (Å²) >= 11 is 0. The third-order valence-corrected chi connectivity index (χ3v) is 4.68. The Bertz CT molecular complexity index is 645. The van der Waals surface area contributed by atoms with Gasteiger partial charge in [-0.25, -0.2) is 4.79 Å². The van der Waals surface area contributed by atoms with Crippen LogP contribution < -0.4 is 10.6 Å². The number of benzene rings is 2. The minimum absolute atomic E-state index is 0.315. The number of carbonyl (C=O) groups is 1. The van der Waals surface area contributed by atoms with Crippen molar-refractivity contribution in [2.75, 3.05) is 13.1 Å². The van der Waals surface area contributed by atoms with Crippen LogP contribution in [0.4, 0.5) is 4.79 Å². The molecule has 132 valence electrons. The molecule has 0 spiro atoms. The fourth-order valence-corrected chi connectivity index (χ4v) is 3.34. The zero-order valence-electron chi connectivity index (χ0n) is 14.5. The first-order chi connectivity index (χ1) is 12.3. The van der Waals surface area contributed by atoms with Crippen LogP contribution in [0.2, 0.25) is 0 Å². The molecule has 0 bridgehead atoms. The van der Waals surface area contributed by atoms with Crippen molar-refractivity contribution in [1.82, 2.24) is 10.6 Å². The minimum atomic E-state index is -0.331. The standard InChI is InChI=1S/C21H26N2O2/c24-21(25-16-18-9-5-2-6-10-18)23-15-19-11-12-22-20(14-19)13-17-7-3-1-4-8-17/h1-10,19-20,22H,11-16H2,(H,23,24). The molecule has 0 aromatic heterocycles. The maximum atomic E-state index is 11.9. The average molecular weight is 338 g/mol. The molecule has 1 fully saturated rings. The number of carbonyl (C=O) groups excluding carboxylic acids is 1. The lowest BCUT2D eigenvalue weighted by Gasteiger charge is -2.30. The van der Waals surface area contributed by atoms with E-state index < -0.39 is 0 Å². The molecule has 0 saturated carbocycles. The molecule has 1 saturated heterocycles. The lowest BCUT2D eigenvalue weighted by Crippen LogP contribution is -2.43. The molecule has 4 nitrogen and oxygen atoms in total. The summed E-state index contributed by atoms with van der Waals surface area (Å²) in [7, 11) is 0. The van der Waals surface area contributed by atoms with E-state index in [0.29, 0.717) is 25.1 Å². The van der Waals surface area contributed by atoms with Crippen molar-refractivity contribution in [3.8, 4) is 0 Å². The Morgan fingerprint density at radius 1 is 1.04 bits per heavy atom. The largest absolute Gasteiger partial charge is 0.445 e. The zero-order chi connectivity index (χ0) is 17.3. The second-order valence-electron chi connectivity index (χ2n) is 6.67. The number of ether oxygens (including phenoxy) is 1. The van der Waals surface area contributed by atoms with Gasteiger partial charge in [-0.1, -0.05) is 60.7 Å². The van der Waals surface area contributed by atoms with Gasteiger partial charge in [0.25, 0.3) is 0 Å². The van der Waals surface area contributed by atoms with Crippen molar-refractivity contribution < 1.29 is 9.53 Å². The van der Waals surface area contributed by atoms with E-state index in [4.69, 9.17) is 4.74 Å². The zero-order valence-corrected chi connectivity index (χ0v) is 14.5. The van der Waals surface area contributed by atoms with Gasteiger partial charge in [-0.05, 0) is 42.9 Å². The molecule has 1 amide bonds. The molecule has 2 aromatic rings. The van der Waals surface area contributed by atoms with E-state index in [1.807, 2.05) is 36.4 Å². The normalized spacial score (nSPS) is 20.0. The Hall–Kier alpha value is -2.33. The molecule has 2 atom stereocenters. The van der Waals surface area contributed by atoms with Crippen molar-refractivity contribution in [2.24, 2.45) is 5.92 Å². The Balaban J connectivity index is 1.38. The highest BCUT2D eigenvalue weighted by molar-refractivity contribution is 5.67. The van der Waals surface area contributed by atoms with Crippen molar-refractivity contribution in [3.05, 3.63) is 71.8 Å². The first-order valence-electron chi connectivity index (χ1n) is 9.01. The van der Waals surface area contributed by atoms with Gasteiger partial charge in [-0.3, -0.25) is 0 Å². The molecule has 2 aromatic carbocycles. The van der Waals surface area contributed by atoms with Crippen LogP contribution in [0.3, 0.4) is 0 Å². The van der Waals surface area contributed by atoms with E-state index in [1.54, 1.807) is 0 Å². The third-order valence-electron chi connectivity index (χ3n) is 4.68. The van der Waals surface area contributed by atoms with Gasteiger partial charge >= 0.3 is 6.09 Å². The van der Waals surface area contributed by atoms with E-state index in [9.17, 15) is 4.79 Å². The lowest BCUT2D eigenvalue weighted by molar-refractivity contribution is 0.136. The summed E-state index contributed by atoms with van der Waals surface area (Å²) in [6.07, 6.45) is 2.87. The Morgan fingerprint density at radius 2 is 1.72 bits per heavy atom. The predicted molar refractivity (Wildman–Crippen MR) is 99.3 cm³/mol. The Kier molecular flexibility index (Phi) is 6.46. The monoisotopic (exact) mass is 338 g/mol. The second-order valence-corrected chi connectivity index (χ2v) is 6.67. The van der Waals surface area contributed by atoms with Gasteiger partial charge in [0, 0.05) is 12.6 Å². The molecule has 0 radical (unpaired) electrons. The van der Waals surface area contributed by atoms with Gasteiger partial charge in [0.1, 0.15) is 6.61 Å². The summed E-state index contributed by atoms with van der Waals surface area (Å²) in [6.45, 7) is 2.00. The molecule has 3 rings (SSSR count). The average Bonchev–Trinajstić information content (AvgIpc) is 2.67. The maximum absolute atomic E-state index is 11.9. The molecule has 0 aliphatic carbocycles. The number of hydrogen-bond donors (Lipinski definition) is 2. The first kappa shape index (κ1) is 17.5. The molecule has 1 heterocycles. The van der Waals surface area contributed by atoms with Crippen LogP contribution in [0.25, 0.3) is 0 Å². The van der Waals surface area contributed by atoms with Gasteiger partial charge < -0.3 is 15.4 Å². The molecule has 2 unspecified atom stereocenters. The smallest absolute Gasteiger partial charge is 0.407 e. The highest BCUT2D eigenvalue weighted by Crippen LogP contribution is 2.18. The first-order valence-corrected chi connectivity index (χ1v) is 9.01. The van der Waals surface area contributed by atoms with Crippen LogP contribution in [0, 0.1) is 5.92 Å². The SMILES string of the molecule is O=C(NCC1CCNC(Cc2ccccc2)C1)OCc1ccccc1. The molecule has 2 N–H and O–H groups in total. The number of piperidine rings is 1. The fraction of sp³-hybridized carbons (Fsp3) is 0.381. The van der Waals surface area contributed by atoms with E-state index >= 15 is 0 Å². The van der Waals surface area contributed by atoms with E-state index in [0.717, 1.165) is 31.4 Å². The number of amides is 1. The summed E-state index contributed by atoms with van der Waals surface area (Å²) in [6, 6.07) is 20.8. The highest BCUT2D eigenvalue weighted by atomic mass is 16.5. The van der Waals surface area contributed by atoms with Crippen molar-refractivity contribution in [3.63, 3.8) is 0 Å². The van der Waals surface area contributed by atoms with Crippen LogP contribution in [0.5, 0.6) is 0 Å². The minimum Gasteiger partial charge on any atom is -0.445 e. The molecule has 4 heteroatoms. The topological polar surface area (TPSA) is 50.4 Å². The van der Waals surface area contributed by atoms with Crippen molar-refractivity contribution in [2.45, 2.75) is 31.9 Å². The summed E-state index contributed by atoms with van der Waals surface area (Å²) in [5.41, 5.74) is 2.36. The molecular formula is C21H26N2O2. The van der Waals surface area contributed by atoms with Crippen molar-refractivity contribution >= 4 is 6.09 Å².